The van der Waals surface area contributed by atoms with Crippen molar-refractivity contribution >= 4 is 17.8 Å². The predicted molar refractivity (Wildman–Crippen MR) is 87.0 cm³/mol. The van der Waals surface area contributed by atoms with Crippen molar-refractivity contribution in [3.8, 4) is 0 Å². The fourth-order valence-electron chi connectivity index (χ4n) is 1.71. The molecule has 134 valence electrons. The van der Waals surface area contributed by atoms with Gasteiger partial charge in [-0.05, 0) is 26.2 Å². The van der Waals surface area contributed by atoms with Gasteiger partial charge in [0.25, 0.3) is 0 Å². The van der Waals surface area contributed by atoms with Gasteiger partial charge in [0.1, 0.15) is 6.04 Å². The molecule has 7 heteroatoms. The molecule has 0 radical (unpaired) electrons. The van der Waals surface area contributed by atoms with E-state index in [1.54, 1.807) is 0 Å². The van der Waals surface area contributed by atoms with Crippen LogP contribution in [-0.2, 0) is 19.1 Å². The number of aliphatic carboxylic acids is 1. The van der Waals surface area contributed by atoms with Crippen LogP contribution >= 0.6 is 0 Å². The maximum atomic E-state index is 11.8. The van der Waals surface area contributed by atoms with Gasteiger partial charge in [0, 0.05) is 19.4 Å². The smallest absolute Gasteiger partial charge is 0.326 e. The molecule has 23 heavy (non-hydrogen) atoms. The van der Waals surface area contributed by atoms with E-state index in [1.165, 1.54) is 0 Å². The minimum Gasteiger partial charge on any atom is -0.480 e. The van der Waals surface area contributed by atoms with Crippen LogP contribution in [0.15, 0.2) is 0 Å². The van der Waals surface area contributed by atoms with Crippen molar-refractivity contribution < 1.29 is 24.2 Å². The average molecular weight is 330 g/mol. The van der Waals surface area contributed by atoms with E-state index in [0.717, 1.165) is 0 Å². The lowest BCUT2D eigenvalue weighted by Crippen LogP contribution is -2.46. The van der Waals surface area contributed by atoms with Crippen LogP contribution < -0.4 is 10.6 Å². The Kier molecular flexibility index (Phi) is 8.23. The summed E-state index contributed by atoms with van der Waals surface area (Å²) >= 11 is 0. The Labute approximate surface area is 138 Å². The number of carbonyl (C=O) groups is 3. The highest BCUT2D eigenvalue weighted by atomic mass is 16.5. The molecule has 7 nitrogen and oxygen atoms in total. The fourth-order valence-corrected chi connectivity index (χ4v) is 1.71. The Hall–Kier alpha value is -1.63. The van der Waals surface area contributed by atoms with Crippen molar-refractivity contribution in [1.29, 1.82) is 0 Å². The molecule has 0 aromatic rings. The second-order valence-corrected chi connectivity index (χ2v) is 7.72. The summed E-state index contributed by atoms with van der Waals surface area (Å²) in [6, 6.07) is -1.04. The van der Waals surface area contributed by atoms with Gasteiger partial charge in [-0.15, -0.1) is 0 Å². The van der Waals surface area contributed by atoms with Crippen LogP contribution in [0.3, 0.4) is 0 Å². The van der Waals surface area contributed by atoms with Gasteiger partial charge in [0.2, 0.25) is 11.8 Å². The predicted octanol–water partition coefficient (Wildman–Crippen LogP) is 1.31. The molecule has 0 saturated heterocycles. The standard InChI is InChI=1S/C16H30N2O5/c1-15(2,3)9-12(19)17-10-13(20)18-11(14(21)22)7-8-23-16(4,5)6/h11H,7-10H2,1-6H3,(H,17,19)(H,18,20)(H,21,22). The van der Waals surface area contributed by atoms with E-state index in [-0.39, 0.29) is 36.5 Å². The van der Waals surface area contributed by atoms with Gasteiger partial charge in [-0.3, -0.25) is 9.59 Å². The van der Waals surface area contributed by atoms with Crippen LogP contribution in [0, 0.1) is 5.41 Å². The molecular weight excluding hydrogens is 300 g/mol. The Bertz CT molecular complexity index is 421. The van der Waals surface area contributed by atoms with Crippen molar-refractivity contribution in [2.75, 3.05) is 13.2 Å². The summed E-state index contributed by atoms with van der Waals surface area (Å²) in [5.74, 6) is -1.90. The lowest BCUT2D eigenvalue weighted by Gasteiger charge is -2.21. The van der Waals surface area contributed by atoms with E-state index in [2.05, 4.69) is 10.6 Å². The van der Waals surface area contributed by atoms with Crippen LogP contribution in [0.2, 0.25) is 0 Å². The van der Waals surface area contributed by atoms with Gasteiger partial charge in [-0.25, -0.2) is 4.79 Å². The minimum absolute atomic E-state index is 0.161. The number of hydrogen-bond donors (Lipinski definition) is 3. The Balaban J connectivity index is 4.25. The van der Waals surface area contributed by atoms with Gasteiger partial charge < -0.3 is 20.5 Å². The van der Waals surface area contributed by atoms with E-state index in [4.69, 9.17) is 9.84 Å². The van der Waals surface area contributed by atoms with Crippen LogP contribution in [0.4, 0.5) is 0 Å². The third kappa shape index (κ3) is 12.6. The average Bonchev–Trinajstić information content (AvgIpc) is 2.31. The maximum absolute atomic E-state index is 11.8. The van der Waals surface area contributed by atoms with E-state index >= 15 is 0 Å². The Morgan fingerprint density at radius 2 is 1.61 bits per heavy atom. The monoisotopic (exact) mass is 330 g/mol. The van der Waals surface area contributed by atoms with Gasteiger partial charge in [0.05, 0.1) is 12.1 Å². The molecule has 0 spiro atoms. The number of ether oxygens (including phenoxy) is 1. The van der Waals surface area contributed by atoms with Crippen LogP contribution in [0.5, 0.6) is 0 Å². The first-order valence-corrected chi connectivity index (χ1v) is 7.73. The minimum atomic E-state index is -1.13. The maximum Gasteiger partial charge on any atom is 0.326 e. The largest absolute Gasteiger partial charge is 0.480 e. The van der Waals surface area contributed by atoms with Crippen LogP contribution in [0.1, 0.15) is 54.4 Å². The summed E-state index contributed by atoms with van der Waals surface area (Å²) in [4.78, 5) is 34.6. The molecule has 3 N–H and O–H groups in total. The molecule has 2 amide bonds. The SMILES string of the molecule is CC(C)(C)CC(=O)NCC(=O)NC(CCOC(C)(C)C)C(=O)O. The van der Waals surface area contributed by atoms with Crippen LogP contribution in [-0.4, -0.2) is 47.7 Å². The Morgan fingerprint density at radius 1 is 1.04 bits per heavy atom. The molecule has 0 aliphatic heterocycles. The highest BCUT2D eigenvalue weighted by molar-refractivity contribution is 5.87. The van der Waals surface area contributed by atoms with E-state index < -0.39 is 17.9 Å². The van der Waals surface area contributed by atoms with E-state index in [0.29, 0.717) is 6.42 Å². The molecule has 0 aliphatic carbocycles. The number of rotatable bonds is 8. The zero-order valence-corrected chi connectivity index (χ0v) is 15.0. The number of carboxylic acids is 1. The molecular formula is C16H30N2O5. The normalized spacial score (nSPS) is 13.3. The summed E-state index contributed by atoms with van der Waals surface area (Å²) in [5, 5.41) is 14.0. The van der Waals surface area contributed by atoms with Gasteiger partial charge in [0.15, 0.2) is 0 Å². The molecule has 1 atom stereocenters. The van der Waals surface area contributed by atoms with Gasteiger partial charge in [-0.2, -0.15) is 0 Å². The number of carboxylic acid groups (broad SMARTS) is 1. The second-order valence-electron chi connectivity index (χ2n) is 7.72. The number of hydrogen-bond acceptors (Lipinski definition) is 4. The third-order valence-corrected chi connectivity index (χ3v) is 2.71. The summed E-state index contributed by atoms with van der Waals surface area (Å²) in [6.45, 7) is 11.3. The van der Waals surface area contributed by atoms with Crippen molar-refractivity contribution in [2.24, 2.45) is 5.41 Å². The molecule has 0 bridgehead atoms. The summed E-state index contributed by atoms with van der Waals surface area (Å²) in [7, 11) is 0. The van der Waals surface area contributed by atoms with Crippen LogP contribution in [0.25, 0.3) is 0 Å². The summed E-state index contributed by atoms with van der Waals surface area (Å²) in [6.07, 6.45) is 0.455. The fraction of sp³-hybridized carbons (Fsp3) is 0.812. The van der Waals surface area contributed by atoms with Crippen molar-refractivity contribution in [1.82, 2.24) is 10.6 Å². The first kappa shape index (κ1) is 21.4. The first-order chi connectivity index (χ1) is 10.3. The number of amides is 2. The van der Waals surface area contributed by atoms with Gasteiger partial charge >= 0.3 is 5.97 Å². The molecule has 0 aromatic carbocycles. The molecule has 0 aromatic heterocycles. The molecule has 0 rings (SSSR count). The molecule has 0 heterocycles. The highest BCUT2D eigenvalue weighted by Crippen LogP contribution is 2.17. The van der Waals surface area contributed by atoms with Crippen molar-refractivity contribution in [3.05, 3.63) is 0 Å². The highest BCUT2D eigenvalue weighted by Gasteiger charge is 2.22. The second kappa shape index (κ2) is 8.86. The zero-order valence-electron chi connectivity index (χ0n) is 15.0. The van der Waals surface area contributed by atoms with Gasteiger partial charge in [-0.1, -0.05) is 20.8 Å². The number of nitrogens with one attached hydrogen (secondary N) is 2. The van der Waals surface area contributed by atoms with E-state index in [9.17, 15) is 14.4 Å². The first-order valence-electron chi connectivity index (χ1n) is 7.73. The molecule has 0 fully saturated rings. The quantitative estimate of drug-likeness (QED) is 0.622. The lowest BCUT2D eigenvalue weighted by atomic mass is 9.92. The van der Waals surface area contributed by atoms with Crippen molar-refractivity contribution in [2.45, 2.75) is 66.0 Å². The third-order valence-electron chi connectivity index (χ3n) is 2.71. The number of carbonyl (C=O) groups excluding carboxylic acids is 2. The molecule has 0 saturated carbocycles. The Morgan fingerprint density at radius 3 is 2.04 bits per heavy atom. The summed E-state index contributed by atoms with van der Waals surface area (Å²) < 4.78 is 5.46. The molecule has 0 aliphatic rings. The van der Waals surface area contributed by atoms with Crippen molar-refractivity contribution in [3.63, 3.8) is 0 Å². The lowest BCUT2D eigenvalue weighted by molar-refractivity contribution is -0.142. The molecule has 1 unspecified atom stereocenters. The van der Waals surface area contributed by atoms with E-state index in [1.807, 2.05) is 41.5 Å². The topological polar surface area (TPSA) is 105 Å². The zero-order chi connectivity index (χ0) is 18.3. The summed E-state index contributed by atoms with van der Waals surface area (Å²) in [5.41, 5.74) is -0.539.